The molecule has 7 nitrogen and oxygen atoms in total. The molecule has 146 valence electrons. The van der Waals surface area contributed by atoms with Crippen molar-refractivity contribution in [2.75, 3.05) is 19.0 Å². The number of hydrogen-bond donors (Lipinski definition) is 2. The van der Waals surface area contributed by atoms with Crippen LogP contribution in [0.3, 0.4) is 0 Å². The Morgan fingerprint density at radius 3 is 2.75 bits per heavy atom. The first kappa shape index (κ1) is 19.8. The van der Waals surface area contributed by atoms with Crippen molar-refractivity contribution in [3.8, 4) is 11.5 Å². The molecule has 1 aromatic heterocycles. The van der Waals surface area contributed by atoms with Crippen molar-refractivity contribution in [3.05, 3.63) is 48.0 Å². The van der Waals surface area contributed by atoms with E-state index >= 15 is 0 Å². The van der Waals surface area contributed by atoms with Gasteiger partial charge in [0.25, 0.3) is 5.91 Å². The highest BCUT2D eigenvalue weighted by Crippen LogP contribution is 2.28. The molecule has 1 amide bonds. The summed E-state index contributed by atoms with van der Waals surface area (Å²) in [4.78, 5) is 19.6. The molecule has 3 aromatic rings. The van der Waals surface area contributed by atoms with Crippen molar-refractivity contribution in [1.82, 2.24) is 15.4 Å². The molecule has 0 spiro atoms. The summed E-state index contributed by atoms with van der Waals surface area (Å²) in [5.74, 6) is 1.34. The van der Waals surface area contributed by atoms with Gasteiger partial charge in [-0.1, -0.05) is 23.9 Å². The molecule has 0 saturated heterocycles. The zero-order chi connectivity index (χ0) is 19.8. The Labute approximate surface area is 167 Å². The number of aromatic nitrogens is 2. The number of imidazole rings is 1. The van der Waals surface area contributed by atoms with E-state index in [-0.39, 0.29) is 11.7 Å². The lowest BCUT2D eigenvalue weighted by atomic mass is 10.2. The molecule has 1 heterocycles. The van der Waals surface area contributed by atoms with Crippen LogP contribution in [0.25, 0.3) is 11.0 Å². The third kappa shape index (κ3) is 5.26. The van der Waals surface area contributed by atoms with Gasteiger partial charge >= 0.3 is 0 Å². The van der Waals surface area contributed by atoms with Crippen LogP contribution in [-0.4, -0.2) is 41.1 Å². The van der Waals surface area contributed by atoms with E-state index in [0.29, 0.717) is 29.9 Å². The van der Waals surface area contributed by atoms with E-state index in [0.717, 1.165) is 16.6 Å². The fourth-order valence-corrected chi connectivity index (χ4v) is 3.17. The van der Waals surface area contributed by atoms with Gasteiger partial charge in [0.05, 0.1) is 36.2 Å². The Bertz CT molecular complexity index is 938. The lowest BCUT2D eigenvalue weighted by Gasteiger charge is -2.11. The van der Waals surface area contributed by atoms with Crippen LogP contribution >= 0.6 is 11.8 Å². The first-order valence-corrected chi connectivity index (χ1v) is 9.97. The highest BCUT2D eigenvalue weighted by molar-refractivity contribution is 7.99. The number of ether oxygens (including phenoxy) is 2. The largest absolute Gasteiger partial charge is 0.490 e. The molecule has 28 heavy (non-hydrogen) atoms. The number of rotatable bonds is 9. The minimum absolute atomic E-state index is 0.210. The van der Waals surface area contributed by atoms with Crippen LogP contribution < -0.4 is 14.9 Å². The first-order chi connectivity index (χ1) is 13.7. The normalized spacial score (nSPS) is 11.1. The number of fused-ring (bicyclic) bond motifs is 1. The number of hydrogen-bond acceptors (Lipinski definition) is 6. The molecule has 0 saturated carbocycles. The smallest absolute Gasteiger partial charge is 0.250 e. The summed E-state index contributed by atoms with van der Waals surface area (Å²) in [6, 6.07) is 13.2. The number of H-pyrrole nitrogens is 1. The monoisotopic (exact) mass is 398 g/mol. The summed E-state index contributed by atoms with van der Waals surface area (Å²) in [6.07, 6.45) is 1.57. The number of nitrogens with zero attached hydrogens (tertiary/aromatic N) is 2. The van der Waals surface area contributed by atoms with Gasteiger partial charge in [0.15, 0.2) is 16.7 Å². The van der Waals surface area contributed by atoms with Crippen molar-refractivity contribution in [2.45, 2.75) is 19.0 Å². The summed E-state index contributed by atoms with van der Waals surface area (Å²) in [5, 5.41) is 4.71. The summed E-state index contributed by atoms with van der Waals surface area (Å²) in [5.41, 5.74) is 5.15. The average molecular weight is 398 g/mol. The predicted octanol–water partition coefficient (Wildman–Crippen LogP) is 3.60. The molecule has 3 rings (SSSR count). The van der Waals surface area contributed by atoms with Crippen LogP contribution in [-0.2, 0) is 4.79 Å². The van der Waals surface area contributed by atoms with E-state index in [1.807, 2.05) is 56.3 Å². The van der Waals surface area contributed by atoms with Crippen molar-refractivity contribution < 1.29 is 14.3 Å². The van der Waals surface area contributed by atoms with Gasteiger partial charge in [-0.05, 0) is 49.7 Å². The van der Waals surface area contributed by atoms with Gasteiger partial charge in [-0.25, -0.2) is 10.4 Å². The summed E-state index contributed by atoms with van der Waals surface area (Å²) in [6.45, 7) is 4.93. The van der Waals surface area contributed by atoms with Crippen LogP contribution in [0.15, 0.2) is 52.7 Å². The molecule has 0 aliphatic carbocycles. The number of nitrogens with one attached hydrogen (secondary N) is 2. The second kappa shape index (κ2) is 9.80. The molecule has 0 fully saturated rings. The van der Waals surface area contributed by atoms with Gasteiger partial charge in [0.1, 0.15) is 0 Å². The molecule has 0 bridgehead atoms. The number of carbonyl (C=O) groups excluding carboxylic acids is 1. The highest BCUT2D eigenvalue weighted by Gasteiger charge is 2.07. The fourth-order valence-electron chi connectivity index (χ4n) is 2.49. The van der Waals surface area contributed by atoms with Gasteiger partial charge < -0.3 is 14.5 Å². The lowest BCUT2D eigenvalue weighted by Crippen LogP contribution is -2.19. The zero-order valence-electron chi connectivity index (χ0n) is 15.8. The van der Waals surface area contributed by atoms with Crippen LogP contribution in [0.5, 0.6) is 11.5 Å². The maximum Gasteiger partial charge on any atom is 0.250 e. The number of aromatic amines is 1. The molecular weight excluding hydrogens is 376 g/mol. The summed E-state index contributed by atoms with van der Waals surface area (Å²) < 4.78 is 11.1. The summed E-state index contributed by atoms with van der Waals surface area (Å²) >= 11 is 1.33. The maximum atomic E-state index is 12.0. The van der Waals surface area contributed by atoms with E-state index in [4.69, 9.17) is 9.47 Å². The Kier molecular flexibility index (Phi) is 6.91. The molecule has 0 radical (unpaired) electrons. The van der Waals surface area contributed by atoms with Gasteiger partial charge in [-0.2, -0.15) is 5.10 Å². The first-order valence-electron chi connectivity index (χ1n) is 8.98. The Morgan fingerprint density at radius 2 is 1.96 bits per heavy atom. The van der Waals surface area contributed by atoms with Crippen LogP contribution in [0.4, 0.5) is 0 Å². The predicted molar refractivity (Wildman–Crippen MR) is 111 cm³/mol. The molecule has 0 aliphatic heterocycles. The van der Waals surface area contributed by atoms with E-state index in [1.165, 1.54) is 11.8 Å². The molecule has 0 aliphatic rings. The van der Waals surface area contributed by atoms with E-state index in [1.54, 1.807) is 6.21 Å². The lowest BCUT2D eigenvalue weighted by molar-refractivity contribution is -0.118. The number of benzene rings is 2. The number of carbonyl (C=O) groups is 1. The van der Waals surface area contributed by atoms with E-state index in [2.05, 4.69) is 20.5 Å². The standard InChI is InChI=1S/C20H22N4O3S/c1-3-26-17-10-9-14(11-18(17)27-4-2)12-21-24-19(25)13-28-20-22-15-7-5-6-8-16(15)23-20/h5-12H,3-4,13H2,1-2H3,(H,22,23)(H,24,25)/b21-12-. The number of hydrazone groups is 1. The minimum Gasteiger partial charge on any atom is -0.490 e. The second-order valence-corrected chi connectivity index (χ2v) is 6.68. The van der Waals surface area contributed by atoms with Crippen molar-refractivity contribution in [3.63, 3.8) is 0 Å². The second-order valence-electron chi connectivity index (χ2n) is 5.71. The van der Waals surface area contributed by atoms with Crippen LogP contribution in [0, 0.1) is 0 Å². The quantitative estimate of drug-likeness (QED) is 0.327. The van der Waals surface area contributed by atoms with Crippen LogP contribution in [0.2, 0.25) is 0 Å². The van der Waals surface area contributed by atoms with Crippen molar-refractivity contribution >= 4 is 34.9 Å². The molecule has 2 N–H and O–H groups in total. The van der Waals surface area contributed by atoms with Gasteiger partial charge in [0.2, 0.25) is 0 Å². The van der Waals surface area contributed by atoms with Gasteiger partial charge in [-0.3, -0.25) is 4.79 Å². The molecule has 8 heteroatoms. The Morgan fingerprint density at radius 1 is 1.18 bits per heavy atom. The minimum atomic E-state index is -0.210. The molecule has 0 atom stereocenters. The van der Waals surface area contributed by atoms with Crippen molar-refractivity contribution in [2.24, 2.45) is 5.10 Å². The number of amides is 1. The molecule has 0 unspecified atom stereocenters. The summed E-state index contributed by atoms with van der Waals surface area (Å²) in [7, 11) is 0. The molecular formula is C20H22N4O3S. The third-order valence-corrected chi connectivity index (χ3v) is 4.55. The van der Waals surface area contributed by atoms with Gasteiger partial charge in [0, 0.05) is 0 Å². The average Bonchev–Trinajstić information content (AvgIpc) is 3.12. The Hall–Kier alpha value is -3.00. The number of thioether (sulfide) groups is 1. The van der Waals surface area contributed by atoms with Gasteiger partial charge in [-0.15, -0.1) is 0 Å². The topological polar surface area (TPSA) is 88.6 Å². The van der Waals surface area contributed by atoms with E-state index in [9.17, 15) is 4.79 Å². The van der Waals surface area contributed by atoms with E-state index < -0.39 is 0 Å². The SMILES string of the molecule is CCOc1ccc(/C=N\NC(=O)CSc2nc3ccccc3[nH]2)cc1OCC. The van der Waals surface area contributed by atoms with Crippen molar-refractivity contribution in [1.29, 1.82) is 0 Å². The highest BCUT2D eigenvalue weighted by atomic mass is 32.2. The third-order valence-electron chi connectivity index (χ3n) is 3.68. The molecule has 2 aromatic carbocycles. The number of para-hydroxylation sites is 2. The fraction of sp³-hybridized carbons (Fsp3) is 0.250. The zero-order valence-corrected chi connectivity index (χ0v) is 16.6. The van der Waals surface area contributed by atoms with Crippen LogP contribution in [0.1, 0.15) is 19.4 Å². The Balaban J connectivity index is 1.53. The maximum absolute atomic E-state index is 12.0.